The Morgan fingerprint density at radius 1 is 0.750 bits per heavy atom. The van der Waals surface area contributed by atoms with E-state index in [9.17, 15) is 0 Å². The van der Waals surface area contributed by atoms with Crippen molar-refractivity contribution in [3.8, 4) is 11.1 Å². The molecule has 0 unspecified atom stereocenters. The third-order valence-corrected chi connectivity index (χ3v) is 2.48. The summed E-state index contributed by atoms with van der Waals surface area (Å²) in [6, 6.07) is 17.1. The zero-order chi connectivity index (χ0) is 12.0. The Morgan fingerprint density at radius 2 is 1.38 bits per heavy atom. The predicted octanol–water partition coefficient (Wildman–Crippen LogP) is 5.00. The summed E-state index contributed by atoms with van der Waals surface area (Å²) in [7, 11) is 0. The lowest BCUT2D eigenvalue weighted by molar-refractivity contribution is 1.39. The Kier molecular flexibility index (Phi) is 4.78. The van der Waals surface area contributed by atoms with E-state index in [1.54, 1.807) is 0 Å². The van der Waals surface area contributed by atoms with E-state index < -0.39 is 0 Å². The topological polar surface area (TPSA) is 0 Å². The van der Waals surface area contributed by atoms with Gasteiger partial charge in [0.15, 0.2) is 0 Å². The molecule has 2 aromatic carbocycles. The molecule has 0 heterocycles. The second kappa shape index (κ2) is 6.12. The van der Waals surface area contributed by atoms with Gasteiger partial charge < -0.3 is 0 Å². The Morgan fingerprint density at radius 3 is 2.00 bits per heavy atom. The fourth-order valence-electron chi connectivity index (χ4n) is 1.66. The molecular formula is C16H20. The van der Waals surface area contributed by atoms with Crippen LogP contribution in [0.15, 0.2) is 48.5 Å². The normalized spacial score (nSPS) is 9.25. The lowest BCUT2D eigenvalue weighted by Gasteiger charge is -2.06. The van der Waals surface area contributed by atoms with Gasteiger partial charge in [-0.05, 0) is 30.5 Å². The summed E-state index contributed by atoms with van der Waals surface area (Å²) in [5.74, 6) is 0. The van der Waals surface area contributed by atoms with Gasteiger partial charge in [0.05, 0.1) is 0 Å². The summed E-state index contributed by atoms with van der Waals surface area (Å²) in [5, 5.41) is 0. The molecule has 0 bridgehead atoms. The van der Waals surface area contributed by atoms with E-state index in [-0.39, 0.29) is 0 Å². The summed E-state index contributed by atoms with van der Waals surface area (Å²) in [4.78, 5) is 0. The quantitative estimate of drug-likeness (QED) is 0.624. The zero-order valence-corrected chi connectivity index (χ0v) is 10.6. The van der Waals surface area contributed by atoms with Gasteiger partial charge in [-0.15, -0.1) is 0 Å². The SMILES string of the molecule is CC.Cc1ccc(C)c(-c2ccccc2)c1. The Labute approximate surface area is 99.0 Å². The maximum Gasteiger partial charge on any atom is -0.0152 e. The summed E-state index contributed by atoms with van der Waals surface area (Å²) in [5.41, 5.74) is 5.29. The molecule has 16 heavy (non-hydrogen) atoms. The molecule has 0 atom stereocenters. The largest absolute Gasteiger partial charge is 0.0683 e. The molecule has 84 valence electrons. The van der Waals surface area contributed by atoms with Gasteiger partial charge in [0, 0.05) is 0 Å². The van der Waals surface area contributed by atoms with Crippen molar-refractivity contribution in [2.75, 3.05) is 0 Å². The smallest absolute Gasteiger partial charge is 0.0152 e. The molecule has 0 saturated carbocycles. The molecule has 0 aliphatic carbocycles. The van der Waals surface area contributed by atoms with Crippen molar-refractivity contribution in [1.29, 1.82) is 0 Å². The fraction of sp³-hybridized carbons (Fsp3) is 0.250. The molecule has 2 aromatic rings. The predicted molar refractivity (Wildman–Crippen MR) is 72.7 cm³/mol. The van der Waals surface area contributed by atoms with Crippen LogP contribution in [-0.4, -0.2) is 0 Å². The molecule has 0 aliphatic heterocycles. The van der Waals surface area contributed by atoms with Crippen LogP contribution in [0.5, 0.6) is 0 Å². The van der Waals surface area contributed by atoms with Crippen LogP contribution in [0, 0.1) is 13.8 Å². The van der Waals surface area contributed by atoms with Gasteiger partial charge in [-0.1, -0.05) is 67.9 Å². The number of benzene rings is 2. The first-order valence-corrected chi connectivity index (χ1v) is 5.90. The second-order valence-corrected chi connectivity index (χ2v) is 3.68. The van der Waals surface area contributed by atoms with Crippen molar-refractivity contribution in [1.82, 2.24) is 0 Å². The highest BCUT2D eigenvalue weighted by Gasteiger charge is 2.00. The number of aryl methyl sites for hydroxylation is 2. The molecule has 0 saturated heterocycles. The molecule has 0 N–H and O–H groups in total. The van der Waals surface area contributed by atoms with E-state index in [0.717, 1.165) is 0 Å². The van der Waals surface area contributed by atoms with Crippen molar-refractivity contribution < 1.29 is 0 Å². The summed E-state index contributed by atoms with van der Waals surface area (Å²) in [6.45, 7) is 8.29. The lowest BCUT2D eigenvalue weighted by Crippen LogP contribution is -1.83. The molecular weight excluding hydrogens is 192 g/mol. The molecule has 0 spiro atoms. The van der Waals surface area contributed by atoms with Crippen molar-refractivity contribution in [3.63, 3.8) is 0 Å². The van der Waals surface area contributed by atoms with Crippen LogP contribution < -0.4 is 0 Å². The maximum absolute atomic E-state index is 2.24. The first-order valence-electron chi connectivity index (χ1n) is 5.90. The highest BCUT2D eigenvalue weighted by Crippen LogP contribution is 2.23. The first-order chi connectivity index (χ1) is 7.77. The Bertz CT molecular complexity index is 427. The van der Waals surface area contributed by atoms with Crippen molar-refractivity contribution >= 4 is 0 Å². The molecule has 0 radical (unpaired) electrons. The van der Waals surface area contributed by atoms with Crippen molar-refractivity contribution in [3.05, 3.63) is 59.7 Å². The molecule has 0 nitrogen and oxygen atoms in total. The van der Waals surface area contributed by atoms with Gasteiger partial charge in [0.25, 0.3) is 0 Å². The van der Waals surface area contributed by atoms with Gasteiger partial charge in [0.1, 0.15) is 0 Å². The molecule has 0 fully saturated rings. The number of hydrogen-bond donors (Lipinski definition) is 0. The Hall–Kier alpha value is -1.56. The van der Waals surface area contributed by atoms with E-state index in [1.165, 1.54) is 22.3 Å². The van der Waals surface area contributed by atoms with E-state index in [2.05, 4.69) is 62.4 Å². The summed E-state index contributed by atoms with van der Waals surface area (Å²) < 4.78 is 0. The molecule has 0 aliphatic rings. The summed E-state index contributed by atoms with van der Waals surface area (Å²) in [6.07, 6.45) is 0. The van der Waals surface area contributed by atoms with Crippen molar-refractivity contribution in [2.24, 2.45) is 0 Å². The van der Waals surface area contributed by atoms with Crippen LogP contribution in [-0.2, 0) is 0 Å². The van der Waals surface area contributed by atoms with Gasteiger partial charge in [-0.25, -0.2) is 0 Å². The van der Waals surface area contributed by atoms with E-state index >= 15 is 0 Å². The van der Waals surface area contributed by atoms with Crippen LogP contribution >= 0.6 is 0 Å². The average Bonchev–Trinajstić information content (AvgIpc) is 2.36. The molecule has 0 amide bonds. The van der Waals surface area contributed by atoms with Crippen molar-refractivity contribution in [2.45, 2.75) is 27.7 Å². The van der Waals surface area contributed by atoms with Crippen LogP contribution in [0.25, 0.3) is 11.1 Å². The monoisotopic (exact) mass is 212 g/mol. The zero-order valence-electron chi connectivity index (χ0n) is 10.6. The van der Waals surface area contributed by atoms with Gasteiger partial charge in [0.2, 0.25) is 0 Å². The minimum absolute atomic E-state index is 1.30. The molecule has 0 aromatic heterocycles. The van der Waals surface area contributed by atoms with E-state index in [4.69, 9.17) is 0 Å². The highest BCUT2D eigenvalue weighted by molar-refractivity contribution is 5.67. The third kappa shape index (κ3) is 2.96. The van der Waals surface area contributed by atoms with E-state index in [0.29, 0.717) is 0 Å². The van der Waals surface area contributed by atoms with Gasteiger partial charge in [-0.2, -0.15) is 0 Å². The average molecular weight is 212 g/mol. The third-order valence-electron chi connectivity index (χ3n) is 2.48. The molecule has 0 heteroatoms. The van der Waals surface area contributed by atoms with Crippen LogP contribution in [0.1, 0.15) is 25.0 Å². The molecule has 2 rings (SSSR count). The van der Waals surface area contributed by atoms with Crippen LogP contribution in [0.4, 0.5) is 0 Å². The lowest BCUT2D eigenvalue weighted by atomic mass is 9.99. The van der Waals surface area contributed by atoms with E-state index in [1.807, 2.05) is 13.8 Å². The standard InChI is InChI=1S/C14H14.C2H6/c1-11-8-9-12(2)14(10-11)13-6-4-3-5-7-13;1-2/h3-10H,1-2H3;1-2H3. The van der Waals surface area contributed by atoms with Crippen LogP contribution in [0.3, 0.4) is 0 Å². The second-order valence-electron chi connectivity index (χ2n) is 3.68. The minimum Gasteiger partial charge on any atom is -0.0683 e. The first kappa shape index (κ1) is 12.5. The maximum atomic E-state index is 2.24. The number of hydrogen-bond acceptors (Lipinski definition) is 0. The van der Waals surface area contributed by atoms with Gasteiger partial charge in [-0.3, -0.25) is 0 Å². The highest BCUT2D eigenvalue weighted by atomic mass is 14.0. The number of rotatable bonds is 1. The van der Waals surface area contributed by atoms with Crippen LogP contribution in [0.2, 0.25) is 0 Å². The Balaban J connectivity index is 0.000000606. The summed E-state index contributed by atoms with van der Waals surface area (Å²) >= 11 is 0. The fourth-order valence-corrected chi connectivity index (χ4v) is 1.66. The minimum atomic E-state index is 1.30. The van der Waals surface area contributed by atoms with Gasteiger partial charge >= 0.3 is 0 Å².